The number of nitrogens with zero attached hydrogens (tertiary/aromatic N) is 1. The molecule has 1 N–H and O–H groups in total. The molecule has 0 heterocycles. The van der Waals surface area contributed by atoms with Crippen LogP contribution in [-0.4, -0.2) is 40.3 Å². The minimum Gasteiger partial charge on any atom is -0.494 e. The van der Waals surface area contributed by atoms with Crippen LogP contribution in [0.2, 0.25) is 0 Å². The van der Waals surface area contributed by atoms with E-state index in [1.54, 1.807) is 36.4 Å². The summed E-state index contributed by atoms with van der Waals surface area (Å²) in [6, 6.07) is 12.7. The van der Waals surface area contributed by atoms with Gasteiger partial charge in [0.25, 0.3) is 0 Å². The molecule has 152 valence electrons. The van der Waals surface area contributed by atoms with E-state index in [9.17, 15) is 17.6 Å². The molecular weight excluding hydrogens is 383 g/mol. The highest BCUT2D eigenvalue weighted by atomic mass is 32.2. The second-order valence-corrected chi connectivity index (χ2v) is 8.18. The van der Waals surface area contributed by atoms with Crippen LogP contribution in [-0.2, 0) is 21.2 Å². The quantitative estimate of drug-likeness (QED) is 0.614. The highest BCUT2D eigenvalue weighted by molar-refractivity contribution is 7.92. The molecule has 0 unspecified atom stereocenters. The third-order valence-corrected chi connectivity index (χ3v) is 5.14. The number of halogens is 1. The number of sulfonamides is 1. The second kappa shape index (κ2) is 10.1. The number of aryl methyl sites for hydroxylation is 1. The number of hydrogen-bond donors (Lipinski definition) is 1. The van der Waals surface area contributed by atoms with Crippen LogP contribution in [0, 0.1) is 5.82 Å². The van der Waals surface area contributed by atoms with Gasteiger partial charge in [0.1, 0.15) is 18.1 Å². The molecule has 0 bridgehead atoms. The zero-order chi connectivity index (χ0) is 20.6. The number of anilines is 1. The van der Waals surface area contributed by atoms with E-state index in [2.05, 4.69) is 5.32 Å². The van der Waals surface area contributed by atoms with Crippen LogP contribution < -0.4 is 14.4 Å². The van der Waals surface area contributed by atoms with E-state index < -0.39 is 15.9 Å². The molecule has 0 saturated heterocycles. The van der Waals surface area contributed by atoms with Gasteiger partial charge in [-0.2, -0.15) is 0 Å². The fourth-order valence-electron chi connectivity index (χ4n) is 2.63. The van der Waals surface area contributed by atoms with Gasteiger partial charge < -0.3 is 10.1 Å². The number of rotatable bonds is 10. The van der Waals surface area contributed by atoms with Crippen LogP contribution in [0.5, 0.6) is 5.75 Å². The van der Waals surface area contributed by atoms with Gasteiger partial charge in [0, 0.05) is 6.54 Å². The van der Waals surface area contributed by atoms with E-state index in [-0.39, 0.29) is 12.4 Å². The lowest BCUT2D eigenvalue weighted by atomic mass is 10.1. The normalized spacial score (nSPS) is 11.1. The van der Waals surface area contributed by atoms with Gasteiger partial charge in [-0.15, -0.1) is 0 Å². The van der Waals surface area contributed by atoms with E-state index in [4.69, 9.17) is 4.74 Å². The summed E-state index contributed by atoms with van der Waals surface area (Å²) in [5, 5.41) is 2.72. The lowest BCUT2D eigenvalue weighted by Gasteiger charge is -2.22. The Morgan fingerprint density at radius 2 is 1.75 bits per heavy atom. The van der Waals surface area contributed by atoms with Crippen LogP contribution in [0.15, 0.2) is 48.5 Å². The summed E-state index contributed by atoms with van der Waals surface area (Å²) in [6.07, 6.45) is 2.42. The molecule has 0 fully saturated rings. The van der Waals surface area contributed by atoms with Crippen molar-refractivity contribution in [1.29, 1.82) is 0 Å². The Labute approximate surface area is 165 Å². The molecule has 2 aromatic rings. The zero-order valence-corrected chi connectivity index (χ0v) is 16.8. The van der Waals surface area contributed by atoms with E-state index >= 15 is 0 Å². The average Bonchev–Trinajstić information content (AvgIpc) is 2.65. The molecule has 6 nitrogen and oxygen atoms in total. The summed E-state index contributed by atoms with van der Waals surface area (Å²) in [5.74, 6) is -0.0458. The molecular formula is C20H25FN2O4S. The zero-order valence-electron chi connectivity index (χ0n) is 16.0. The smallest absolute Gasteiger partial charge is 0.240 e. The van der Waals surface area contributed by atoms with Crippen LogP contribution in [0.1, 0.15) is 18.9 Å². The molecule has 8 heteroatoms. The summed E-state index contributed by atoms with van der Waals surface area (Å²) in [6.45, 7) is 2.47. The maximum Gasteiger partial charge on any atom is 0.240 e. The van der Waals surface area contributed by atoms with Crippen molar-refractivity contribution < 1.29 is 22.3 Å². The topological polar surface area (TPSA) is 75.7 Å². The largest absolute Gasteiger partial charge is 0.494 e. The predicted molar refractivity (Wildman–Crippen MR) is 108 cm³/mol. The molecule has 0 aromatic heterocycles. The van der Waals surface area contributed by atoms with Crippen LogP contribution in [0.4, 0.5) is 10.1 Å². The van der Waals surface area contributed by atoms with Crippen LogP contribution in [0.3, 0.4) is 0 Å². The number of benzene rings is 2. The molecule has 2 rings (SSSR count). The van der Waals surface area contributed by atoms with Crippen molar-refractivity contribution in [2.75, 3.05) is 30.3 Å². The highest BCUT2D eigenvalue weighted by Crippen LogP contribution is 2.21. The summed E-state index contributed by atoms with van der Waals surface area (Å²) < 4.78 is 43.5. The SMILES string of the molecule is CCOc1ccc(N(CC(=O)NCCCc2ccc(F)cc2)S(C)(=O)=O)cc1. The summed E-state index contributed by atoms with van der Waals surface area (Å²) >= 11 is 0. The van der Waals surface area contributed by atoms with E-state index in [0.717, 1.165) is 16.1 Å². The minimum atomic E-state index is -3.62. The van der Waals surface area contributed by atoms with Crippen molar-refractivity contribution in [2.45, 2.75) is 19.8 Å². The third-order valence-electron chi connectivity index (χ3n) is 4.00. The molecule has 28 heavy (non-hydrogen) atoms. The van der Waals surface area contributed by atoms with Crippen molar-refractivity contribution in [3.8, 4) is 5.75 Å². The van der Waals surface area contributed by atoms with Crippen LogP contribution in [0.25, 0.3) is 0 Å². The van der Waals surface area contributed by atoms with Crippen molar-refractivity contribution >= 4 is 21.6 Å². The molecule has 0 spiro atoms. The number of nitrogens with one attached hydrogen (secondary N) is 1. The number of amides is 1. The van der Waals surface area contributed by atoms with Crippen molar-refractivity contribution in [3.05, 3.63) is 59.9 Å². The summed E-state index contributed by atoms with van der Waals surface area (Å²) in [4.78, 5) is 12.2. The number of carbonyl (C=O) groups is 1. The molecule has 0 aliphatic heterocycles. The fourth-order valence-corrected chi connectivity index (χ4v) is 3.49. The number of hydrogen-bond acceptors (Lipinski definition) is 4. The monoisotopic (exact) mass is 408 g/mol. The van der Waals surface area contributed by atoms with Crippen molar-refractivity contribution in [1.82, 2.24) is 5.32 Å². The lowest BCUT2D eigenvalue weighted by Crippen LogP contribution is -2.40. The first-order chi connectivity index (χ1) is 13.3. The maximum absolute atomic E-state index is 12.9. The Balaban J connectivity index is 1.89. The molecule has 0 atom stereocenters. The number of carbonyl (C=O) groups excluding carboxylic acids is 1. The first kappa shape index (κ1) is 21.7. The van der Waals surface area contributed by atoms with Gasteiger partial charge in [-0.25, -0.2) is 12.8 Å². The molecule has 1 amide bonds. The van der Waals surface area contributed by atoms with Gasteiger partial charge in [0.15, 0.2) is 0 Å². The Morgan fingerprint density at radius 3 is 2.32 bits per heavy atom. The number of ether oxygens (including phenoxy) is 1. The van der Waals surface area contributed by atoms with Gasteiger partial charge in [-0.05, 0) is 61.7 Å². The molecule has 0 aliphatic carbocycles. The maximum atomic E-state index is 12.9. The van der Waals surface area contributed by atoms with Gasteiger partial charge in [0.05, 0.1) is 18.6 Å². The first-order valence-electron chi connectivity index (χ1n) is 9.01. The van der Waals surface area contributed by atoms with Gasteiger partial charge >= 0.3 is 0 Å². The Morgan fingerprint density at radius 1 is 1.11 bits per heavy atom. The van der Waals surface area contributed by atoms with Gasteiger partial charge in [-0.1, -0.05) is 12.1 Å². The second-order valence-electron chi connectivity index (χ2n) is 6.28. The summed E-state index contributed by atoms with van der Waals surface area (Å²) in [7, 11) is -3.62. The molecule has 0 radical (unpaired) electrons. The van der Waals surface area contributed by atoms with Crippen molar-refractivity contribution in [3.63, 3.8) is 0 Å². The Kier molecular flexibility index (Phi) is 7.80. The fraction of sp³-hybridized carbons (Fsp3) is 0.350. The molecule has 0 aliphatic rings. The lowest BCUT2D eigenvalue weighted by molar-refractivity contribution is -0.119. The Bertz CT molecular complexity index is 868. The van der Waals surface area contributed by atoms with E-state index in [1.807, 2.05) is 6.92 Å². The minimum absolute atomic E-state index is 0.285. The standard InChI is InChI=1S/C20H25FN2O4S/c1-3-27-19-12-10-18(11-13-19)23(28(2,25)26)15-20(24)22-14-4-5-16-6-8-17(21)9-7-16/h6-13H,3-5,14-15H2,1-2H3,(H,22,24). The van der Waals surface area contributed by atoms with Gasteiger partial charge in [-0.3, -0.25) is 9.10 Å². The third kappa shape index (κ3) is 6.84. The predicted octanol–water partition coefficient (Wildman–Crippen LogP) is 2.74. The molecule has 2 aromatic carbocycles. The van der Waals surface area contributed by atoms with Crippen molar-refractivity contribution in [2.24, 2.45) is 0 Å². The Hall–Kier alpha value is -2.61. The molecule has 0 saturated carbocycles. The van der Waals surface area contributed by atoms with E-state index in [0.29, 0.717) is 37.4 Å². The van der Waals surface area contributed by atoms with E-state index in [1.165, 1.54) is 12.1 Å². The van der Waals surface area contributed by atoms with Crippen LogP contribution >= 0.6 is 0 Å². The first-order valence-corrected chi connectivity index (χ1v) is 10.9. The highest BCUT2D eigenvalue weighted by Gasteiger charge is 2.20. The average molecular weight is 408 g/mol. The van der Waals surface area contributed by atoms with Gasteiger partial charge in [0.2, 0.25) is 15.9 Å². The summed E-state index contributed by atoms with van der Waals surface area (Å²) in [5.41, 5.74) is 1.37.